The first-order valence-corrected chi connectivity index (χ1v) is 6.09. The number of non-ortho nitro benzene ring substituents is 1. The minimum Gasteiger partial charge on any atom is -0.345 e. The number of nitrogens with one attached hydrogen (secondary N) is 2. The Hall–Kier alpha value is -2.21. The number of aromatic nitrogens is 2. The fourth-order valence-electron chi connectivity index (χ4n) is 1.80. The minimum atomic E-state index is -0.386. The van der Waals surface area contributed by atoms with Crippen molar-refractivity contribution in [3.05, 3.63) is 57.7 Å². The van der Waals surface area contributed by atoms with Gasteiger partial charge >= 0.3 is 0 Å². The van der Waals surface area contributed by atoms with Gasteiger partial charge in [0.1, 0.15) is 5.82 Å². The lowest BCUT2D eigenvalue weighted by molar-refractivity contribution is -0.384. The van der Waals surface area contributed by atoms with Gasteiger partial charge in [-0.1, -0.05) is 12.1 Å². The third-order valence-electron chi connectivity index (χ3n) is 2.81. The Morgan fingerprint density at radius 1 is 1.37 bits per heavy atom. The standard InChI is InChI=1S/C13H16N4O2/c1-10-15-9-12(16-10)8-14-7-6-11-2-4-13(5-3-11)17(18)19/h2-5,9,14H,6-8H2,1H3,(H,15,16). The molecule has 0 amide bonds. The Labute approximate surface area is 111 Å². The molecule has 0 atom stereocenters. The average Bonchev–Trinajstić information content (AvgIpc) is 2.81. The third kappa shape index (κ3) is 3.89. The predicted molar refractivity (Wildman–Crippen MR) is 71.8 cm³/mol. The van der Waals surface area contributed by atoms with Crippen LogP contribution in [0.2, 0.25) is 0 Å². The fourth-order valence-corrected chi connectivity index (χ4v) is 1.80. The summed E-state index contributed by atoms with van der Waals surface area (Å²) in [5.74, 6) is 0.909. The number of hydrogen-bond donors (Lipinski definition) is 2. The number of nitrogens with zero attached hydrogens (tertiary/aromatic N) is 2. The molecule has 1 heterocycles. The van der Waals surface area contributed by atoms with E-state index in [0.29, 0.717) is 0 Å². The topological polar surface area (TPSA) is 83.8 Å². The lowest BCUT2D eigenvalue weighted by Crippen LogP contribution is -2.16. The number of benzene rings is 1. The number of nitro groups is 1. The number of aryl methyl sites for hydroxylation is 1. The van der Waals surface area contributed by atoms with Crippen LogP contribution in [0.5, 0.6) is 0 Å². The minimum absolute atomic E-state index is 0.129. The maximum Gasteiger partial charge on any atom is 0.269 e. The number of aromatic amines is 1. The summed E-state index contributed by atoms with van der Waals surface area (Å²) in [6.07, 6.45) is 2.65. The van der Waals surface area contributed by atoms with Crippen LogP contribution < -0.4 is 5.32 Å². The molecule has 0 aliphatic rings. The van der Waals surface area contributed by atoms with E-state index < -0.39 is 0 Å². The van der Waals surface area contributed by atoms with Crippen LogP contribution in [0.25, 0.3) is 0 Å². The quantitative estimate of drug-likeness (QED) is 0.472. The van der Waals surface area contributed by atoms with Crippen LogP contribution in [-0.2, 0) is 13.0 Å². The van der Waals surface area contributed by atoms with E-state index in [-0.39, 0.29) is 10.6 Å². The van der Waals surface area contributed by atoms with E-state index in [9.17, 15) is 10.1 Å². The van der Waals surface area contributed by atoms with Gasteiger partial charge in [-0.3, -0.25) is 10.1 Å². The molecule has 0 fully saturated rings. The molecule has 19 heavy (non-hydrogen) atoms. The zero-order chi connectivity index (χ0) is 13.7. The first-order chi connectivity index (χ1) is 9.15. The van der Waals surface area contributed by atoms with Crippen LogP contribution in [0.1, 0.15) is 17.1 Å². The highest BCUT2D eigenvalue weighted by Crippen LogP contribution is 2.11. The van der Waals surface area contributed by atoms with Crippen LogP contribution in [0.4, 0.5) is 5.69 Å². The van der Waals surface area contributed by atoms with Crippen LogP contribution in [0.15, 0.2) is 30.5 Å². The number of H-pyrrole nitrogens is 1. The molecule has 1 aromatic carbocycles. The van der Waals surface area contributed by atoms with Crippen molar-refractivity contribution in [3.63, 3.8) is 0 Å². The maximum absolute atomic E-state index is 10.5. The van der Waals surface area contributed by atoms with Gasteiger partial charge in [0, 0.05) is 30.6 Å². The molecule has 0 unspecified atom stereocenters. The predicted octanol–water partition coefficient (Wildman–Crippen LogP) is 1.96. The normalized spacial score (nSPS) is 10.6. The second-order valence-electron chi connectivity index (χ2n) is 4.34. The van der Waals surface area contributed by atoms with Crippen molar-refractivity contribution in [3.8, 4) is 0 Å². The highest BCUT2D eigenvalue weighted by molar-refractivity contribution is 5.32. The molecule has 0 spiro atoms. The Morgan fingerprint density at radius 3 is 2.68 bits per heavy atom. The monoisotopic (exact) mass is 260 g/mol. The van der Waals surface area contributed by atoms with E-state index >= 15 is 0 Å². The van der Waals surface area contributed by atoms with E-state index in [1.807, 2.05) is 13.1 Å². The molecular formula is C13H16N4O2. The van der Waals surface area contributed by atoms with E-state index in [1.165, 1.54) is 12.1 Å². The summed E-state index contributed by atoms with van der Waals surface area (Å²) < 4.78 is 0. The van der Waals surface area contributed by atoms with Crippen molar-refractivity contribution in [1.29, 1.82) is 0 Å². The van der Waals surface area contributed by atoms with Gasteiger partial charge in [0.05, 0.1) is 4.92 Å². The summed E-state index contributed by atoms with van der Waals surface area (Å²) in [7, 11) is 0. The van der Waals surface area contributed by atoms with Gasteiger partial charge in [-0.2, -0.15) is 0 Å². The van der Waals surface area contributed by atoms with Crippen LogP contribution >= 0.6 is 0 Å². The molecule has 0 saturated carbocycles. The lowest BCUT2D eigenvalue weighted by atomic mass is 10.1. The highest BCUT2D eigenvalue weighted by Gasteiger charge is 2.03. The number of nitro benzene ring substituents is 1. The summed E-state index contributed by atoms with van der Waals surface area (Å²) in [5.41, 5.74) is 2.27. The second-order valence-corrected chi connectivity index (χ2v) is 4.34. The first kappa shape index (κ1) is 13.2. The third-order valence-corrected chi connectivity index (χ3v) is 2.81. The first-order valence-electron chi connectivity index (χ1n) is 6.09. The summed E-state index contributed by atoms with van der Waals surface area (Å²) in [5, 5.41) is 13.8. The fraction of sp³-hybridized carbons (Fsp3) is 0.308. The number of imidazole rings is 1. The van der Waals surface area contributed by atoms with Gasteiger partial charge in [-0.25, -0.2) is 4.98 Å². The smallest absolute Gasteiger partial charge is 0.269 e. The Balaban J connectivity index is 1.75. The number of hydrogen-bond acceptors (Lipinski definition) is 4. The van der Waals surface area contributed by atoms with Crippen LogP contribution in [0, 0.1) is 17.0 Å². The van der Waals surface area contributed by atoms with Gasteiger partial charge in [0.25, 0.3) is 5.69 Å². The molecule has 2 N–H and O–H groups in total. The zero-order valence-corrected chi connectivity index (χ0v) is 10.7. The maximum atomic E-state index is 10.5. The largest absolute Gasteiger partial charge is 0.345 e. The van der Waals surface area contributed by atoms with Gasteiger partial charge in [0.15, 0.2) is 0 Å². The highest BCUT2D eigenvalue weighted by atomic mass is 16.6. The molecule has 0 bridgehead atoms. The van der Waals surface area contributed by atoms with Gasteiger partial charge in [0.2, 0.25) is 0 Å². The Morgan fingerprint density at radius 2 is 2.11 bits per heavy atom. The van der Waals surface area contributed by atoms with Crippen LogP contribution in [0.3, 0.4) is 0 Å². The zero-order valence-electron chi connectivity index (χ0n) is 10.7. The molecule has 0 aliphatic heterocycles. The molecule has 0 radical (unpaired) electrons. The molecule has 100 valence electrons. The van der Waals surface area contributed by atoms with Gasteiger partial charge < -0.3 is 10.3 Å². The SMILES string of the molecule is Cc1ncc(CNCCc2ccc([N+](=O)[O-])cc2)[nH]1. The molecule has 6 heteroatoms. The summed E-state index contributed by atoms with van der Waals surface area (Å²) >= 11 is 0. The molecular weight excluding hydrogens is 244 g/mol. The van der Waals surface area contributed by atoms with Crippen molar-refractivity contribution in [2.45, 2.75) is 19.9 Å². The lowest BCUT2D eigenvalue weighted by Gasteiger charge is -2.03. The van der Waals surface area contributed by atoms with Crippen molar-refractivity contribution >= 4 is 5.69 Å². The molecule has 0 aliphatic carbocycles. The molecule has 0 saturated heterocycles. The van der Waals surface area contributed by atoms with Crippen molar-refractivity contribution in [2.24, 2.45) is 0 Å². The van der Waals surface area contributed by atoms with Crippen molar-refractivity contribution in [1.82, 2.24) is 15.3 Å². The molecule has 2 rings (SSSR count). The van der Waals surface area contributed by atoms with Crippen LogP contribution in [-0.4, -0.2) is 21.4 Å². The van der Waals surface area contributed by atoms with E-state index in [2.05, 4.69) is 15.3 Å². The van der Waals surface area contributed by atoms with Gasteiger partial charge in [-0.15, -0.1) is 0 Å². The summed E-state index contributed by atoms with van der Waals surface area (Å²) in [6.45, 7) is 3.48. The average molecular weight is 260 g/mol. The van der Waals surface area contributed by atoms with Crippen molar-refractivity contribution in [2.75, 3.05) is 6.54 Å². The molecule has 6 nitrogen and oxygen atoms in total. The summed E-state index contributed by atoms with van der Waals surface area (Å²) in [6, 6.07) is 6.65. The van der Waals surface area contributed by atoms with E-state index in [1.54, 1.807) is 12.1 Å². The Kier molecular flexibility index (Phi) is 4.25. The molecule has 1 aromatic heterocycles. The molecule has 2 aromatic rings. The van der Waals surface area contributed by atoms with Crippen molar-refractivity contribution < 1.29 is 4.92 Å². The van der Waals surface area contributed by atoms with E-state index in [4.69, 9.17) is 0 Å². The number of rotatable bonds is 6. The summed E-state index contributed by atoms with van der Waals surface area (Å²) in [4.78, 5) is 17.4. The van der Waals surface area contributed by atoms with Gasteiger partial charge in [-0.05, 0) is 25.5 Å². The van der Waals surface area contributed by atoms with E-state index in [0.717, 1.165) is 36.6 Å². The second kappa shape index (κ2) is 6.10. The Bertz CT molecular complexity index is 548.